The molecule has 0 saturated heterocycles. The molecule has 1 saturated carbocycles. The second-order valence-electron chi connectivity index (χ2n) is 7.05. The second kappa shape index (κ2) is 11.2. The monoisotopic (exact) mass is 371 g/mol. The third kappa shape index (κ3) is 8.07. The second-order valence-corrected chi connectivity index (χ2v) is 7.05. The molecule has 4 N–H and O–H groups in total. The molecule has 0 aliphatic heterocycles. The zero-order valence-corrected chi connectivity index (χ0v) is 15.7. The van der Waals surface area contributed by atoms with Crippen LogP contribution in [0, 0.1) is 5.92 Å². The van der Waals surface area contributed by atoms with Crippen LogP contribution in [0.4, 0.5) is 0 Å². The van der Waals surface area contributed by atoms with Crippen LogP contribution in [0.5, 0.6) is 0 Å². The van der Waals surface area contributed by atoms with Crippen molar-refractivity contribution in [2.45, 2.75) is 51.0 Å². The fourth-order valence-corrected chi connectivity index (χ4v) is 3.34. The van der Waals surface area contributed by atoms with Gasteiger partial charge in [0.2, 0.25) is 17.7 Å². The van der Waals surface area contributed by atoms with Crippen LogP contribution >= 0.6 is 0 Å². The number of rotatable bonds is 10. The molecule has 0 bridgehead atoms. The maximum absolute atomic E-state index is 12.3. The van der Waals surface area contributed by atoms with Crippen LogP contribution < -0.4 is 16.4 Å². The maximum Gasteiger partial charge on any atom is 0.244 e. The van der Waals surface area contributed by atoms with E-state index in [9.17, 15) is 14.4 Å². The third-order valence-corrected chi connectivity index (χ3v) is 4.81. The molecule has 3 amide bonds. The van der Waals surface area contributed by atoms with Gasteiger partial charge >= 0.3 is 0 Å². The number of nitrogens with one attached hydrogen (secondary N) is 2. The Hall–Kier alpha value is -2.63. The number of primary amides is 1. The van der Waals surface area contributed by atoms with E-state index in [2.05, 4.69) is 10.6 Å². The Bertz CT molecular complexity index is 652. The summed E-state index contributed by atoms with van der Waals surface area (Å²) in [4.78, 5) is 35.7. The summed E-state index contributed by atoms with van der Waals surface area (Å²) in [7, 11) is 0. The predicted molar refractivity (Wildman–Crippen MR) is 105 cm³/mol. The van der Waals surface area contributed by atoms with Crippen LogP contribution in [-0.2, 0) is 20.8 Å². The summed E-state index contributed by atoms with van der Waals surface area (Å²) in [6.45, 7) is 0.422. The SMILES string of the molecule is NC(=O)C[C@@H](NC(=O)/C=C/CC1CCCC1)C(=O)NCCc1ccccc1. The number of carbonyl (C=O) groups excluding carboxylic acids is 3. The number of amides is 3. The fourth-order valence-electron chi connectivity index (χ4n) is 3.34. The van der Waals surface area contributed by atoms with Crippen molar-refractivity contribution < 1.29 is 14.4 Å². The summed E-state index contributed by atoms with van der Waals surface area (Å²) in [5.41, 5.74) is 6.32. The van der Waals surface area contributed by atoms with E-state index < -0.39 is 17.9 Å². The van der Waals surface area contributed by atoms with Crippen molar-refractivity contribution in [3.63, 3.8) is 0 Å². The molecule has 2 rings (SSSR count). The van der Waals surface area contributed by atoms with Gasteiger partial charge in [-0.25, -0.2) is 0 Å². The van der Waals surface area contributed by atoms with Gasteiger partial charge in [0.05, 0.1) is 6.42 Å². The highest BCUT2D eigenvalue weighted by atomic mass is 16.2. The van der Waals surface area contributed by atoms with Crippen molar-refractivity contribution in [2.24, 2.45) is 11.7 Å². The Kier molecular flexibility index (Phi) is 8.55. The standard InChI is InChI=1S/C21H29N3O3/c22-19(25)15-18(21(27)23-14-13-17-7-2-1-3-8-17)24-20(26)12-6-11-16-9-4-5-10-16/h1-3,6-8,12,16,18H,4-5,9-11,13-15H2,(H2,22,25)(H,23,27)(H,24,26)/b12-6+/t18-/m1/s1. The number of nitrogens with two attached hydrogens (primary N) is 1. The molecule has 1 fully saturated rings. The van der Waals surface area contributed by atoms with Crippen LogP contribution in [0.25, 0.3) is 0 Å². The van der Waals surface area contributed by atoms with Gasteiger partial charge in [0.25, 0.3) is 0 Å². The molecule has 1 atom stereocenters. The Morgan fingerprint density at radius 1 is 1.15 bits per heavy atom. The smallest absolute Gasteiger partial charge is 0.244 e. The molecule has 1 aromatic rings. The zero-order valence-electron chi connectivity index (χ0n) is 15.7. The fraction of sp³-hybridized carbons (Fsp3) is 0.476. The number of benzene rings is 1. The molecule has 1 aliphatic rings. The molecule has 1 aliphatic carbocycles. The van der Waals surface area contributed by atoms with E-state index in [4.69, 9.17) is 5.73 Å². The molecule has 0 spiro atoms. The summed E-state index contributed by atoms with van der Waals surface area (Å²) >= 11 is 0. The van der Waals surface area contributed by atoms with Crippen molar-refractivity contribution in [3.8, 4) is 0 Å². The minimum atomic E-state index is -0.957. The van der Waals surface area contributed by atoms with Gasteiger partial charge in [0, 0.05) is 6.54 Å². The van der Waals surface area contributed by atoms with Gasteiger partial charge in [-0.1, -0.05) is 62.1 Å². The molecular weight excluding hydrogens is 342 g/mol. The number of carbonyl (C=O) groups is 3. The number of hydrogen-bond acceptors (Lipinski definition) is 3. The van der Waals surface area contributed by atoms with Crippen molar-refractivity contribution in [1.29, 1.82) is 0 Å². The average Bonchev–Trinajstić information content (AvgIpc) is 3.15. The van der Waals surface area contributed by atoms with E-state index in [1.54, 1.807) is 0 Å². The first kappa shape index (κ1) is 20.7. The summed E-state index contributed by atoms with van der Waals surface area (Å²) in [6.07, 6.45) is 9.55. The van der Waals surface area contributed by atoms with Crippen LogP contribution in [0.1, 0.15) is 44.1 Å². The van der Waals surface area contributed by atoms with Crippen LogP contribution in [0.15, 0.2) is 42.5 Å². The minimum Gasteiger partial charge on any atom is -0.370 e. The summed E-state index contributed by atoms with van der Waals surface area (Å²) < 4.78 is 0. The lowest BCUT2D eigenvalue weighted by Crippen LogP contribution is -2.48. The Morgan fingerprint density at radius 2 is 1.85 bits per heavy atom. The highest BCUT2D eigenvalue weighted by Crippen LogP contribution is 2.27. The van der Waals surface area contributed by atoms with E-state index in [1.807, 2.05) is 36.4 Å². The molecule has 0 aromatic heterocycles. The first-order valence-electron chi connectivity index (χ1n) is 9.61. The summed E-state index contributed by atoms with van der Waals surface area (Å²) in [5, 5.41) is 5.34. The highest BCUT2D eigenvalue weighted by molar-refractivity contribution is 5.95. The van der Waals surface area contributed by atoms with Gasteiger partial charge in [-0.3, -0.25) is 14.4 Å². The van der Waals surface area contributed by atoms with E-state index in [-0.39, 0.29) is 12.3 Å². The molecule has 0 heterocycles. The average molecular weight is 371 g/mol. The molecule has 6 nitrogen and oxygen atoms in total. The van der Waals surface area contributed by atoms with Crippen molar-refractivity contribution in [3.05, 3.63) is 48.0 Å². The van der Waals surface area contributed by atoms with E-state index in [0.29, 0.717) is 18.9 Å². The molecule has 146 valence electrons. The first-order valence-corrected chi connectivity index (χ1v) is 9.61. The van der Waals surface area contributed by atoms with Gasteiger partial charge < -0.3 is 16.4 Å². The molecule has 6 heteroatoms. The van der Waals surface area contributed by atoms with Crippen molar-refractivity contribution in [1.82, 2.24) is 10.6 Å². The van der Waals surface area contributed by atoms with E-state index in [1.165, 1.54) is 31.8 Å². The van der Waals surface area contributed by atoms with Gasteiger partial charge in [0.1, 0.15) is 6.04 Å². The Labute approximate surface area is 160 Å². The lowest BCUT2D eigenvalue weighted by molar-refractivity contribution is -0.129. The molecule has 0 unspecified atom stereocenters. The van der Waals surface area contributed by atoms with Gasteiger partial charge in [-0.15, -0.1) is 0 Å². The zero-order chi connectivity index (χ0) is 19.5. The number of hydrogen-bond donors (Lipinski definition) is 3. The lowest BCUT2D eigenvalue weighted by atomic mass is 10.0. The third-order valence-electron chi connectivity index (χ3n) is 4.81. The predicted octanol–water partition coefficient (Wildman–Crippen LogP) is 1.84. The maximum atomic E-state index is 12.3. The van der Waals surface area contributed by atoms with E-state index in [0.717, 1.165) is 12.0 Å². The Morgan fingerprint density at radius 3 is 2.52 bits per heavy atom. The number of allylic oxidation sites excluding steroid dienone is 1. The quantitative estimate of drug-likeness (QED) is 0.547. The Balaban J connectivity index is 1.79. The first-order chi connectivity index (χ1) is 13.0. The van der Waals surface area contributed by atoms with Crippen molar-refractivity contribution >= 4 is 17.7 Å². The highest BCUT2D eigenvalue weighted by Gasteiger charge is 2.22. The van der Waals surface area contributed by atoms with E-state index >= 15 is 0 Å². The summed E-state index contributed by atoms with van der Waals surface area (Å²) in [5.74, 6) is -0.759. The topological polar surface area (TPSA) is 101 Å². The largest absolute Gasteiger partial charge is 0.370 e. The molecule has 1 aromatic carbocycles. The molecule has 27 heavy (non-hydrogen) atoms. The van der Waals surface area contributed by atoms with Crippen molar-refractivity contribution in [2.75, 3.05) is 6.54 Å². The van der Waals surface area contributed by atoms with Crippen LogP contribution in [0.3, 0.4) is 0 Å². The normalized spacial score (nSPS) is 15.6. The van der Waals surface area contributed by atoms with Gasteiger partial charge in [-0.05, 0) is 30.4 Å². The van der Waals surface area contributed by atoms with Crippen LogP contribution in [-0.4, -0.2) is 30.3 Å². The molecular formula is C21H29N3O3. The minimum absolute atomic E-state index is 0.223. The van der Waals surface area contributed by atoms with Crippen LogP contribution in [0.2, 0.25) is 0 Å². The lowest BCUT2D eigenvalue weighted by Gasteiger charge is -2.16. The van der Waals surface area contributed by atoms with Gasteiger partial charge in [0.15, 0.2) is 0 Å². The summed E-state index contributed by atoms with van der Waals surface area (Å²) in [6, 6.07) is 8.80. The van der Waals surface area contributed by atoms with Gasteiger partial charge in [-0.2, -0.15) is 0 Å². The molecule has 0 radical (unpaired) electrons.